The van der Waals surface area contributed by atoms with Crippen LogP contribution in [0.4, 0.5) is 0 Å². The fraction of sp³-hybridized carbons (Fsp3) is 0.0909. The van der Waals surface area contributed by atoms with Gasteiger partial charge in [0.1, 0.15) is 5.69 Å². The van der Waals surface area contributed by atoms with Crippen LogP contribution in [0.2, 0.25) is 5.02 Å². The first-order chi connectivity index (χ1) is 8.08. The number of pyridine rings is 1. The number of carbonyl (C=O) groups is 1. The van der Waals surface area contributed by atoms with Crippen LogP contribution in [0.25, 0.3) is 11.5 Å². The van der Waals surface area contributed by atoms with Gasteiger partial charge in [-0.05, 0) is 25.1 Å². The first-order valence-electron chi connectivity index (χ1n) is 4.78. The number of hydrogen-bond acceptors (Lipinski definition) is 4. The molecule has 0 aromatic carbocycles. The normalized spacial score (nSPS) is 10.2. The van der Waals surface area contributed by atoms with Crippen LogP contribution < -0.4 is 0 Å². The van der Waals surface area contributed by atoms with Gasteiger partial charge in [-0.2, -0.15) is 0 Å². The predicted octanol–water partition coefficient (Wildman–Crippen LogP) is 2.20. The summed E-state index contributed by atoms with van der Waals surface area (Å²) in [7, 11) is 0. The summed E-state index contributed by atoms with van der Waals surface area (Å²) in [4.78, 5) is 23.0. The van der Waals surface area contributed by atoms with Gasteiger partial charge in [0.05, 0.1) is 5.02 Å². The zero-order valence-corrected chi connectivity index (χ0v) is 9.64. The number of rotatable bonds is 2. The quantitative estimate of drug-likeness (QED) is 0.883. The lowest BCUT2D eigenvalue weighted by atomic mass is 10.3. The zero-order chi connectivity index (χ0) is 12.4. The van der Waals surface area contributed by atoms with Crippen molar-refractivity contribution in [3.05, 3.63) is 40.8 Å². The van der Waals surface area contributed by atoms with Crippen molar-refractivity contribution in [3.63, 3.8) is 0 Å². The highest BCUT2D eigenvalue weighted by molar-refractivity contribution is 6.32. The Kier molecular flexibility index (Phi) is 3.01. The topological polar surface area (TPSA) is 76.0 Å². The Bertz CT molecular complexity index is 587. The fourth-order valence-corrected chi connectivity index (χ4v) is 1.54. The van der Waals surface area contributed by atoms with E-state index in [1.54, 1.807) is 25.3 Å². The second-order valence-corrected chi connectivity index (χ2v) is 3.76. The molecule has 2 aromatic heterocycles. The number of nitrogens with zero attached hydrogens (tertiary/aromatic N) is 3. The van der Waals surface area contributed by atoms with Gasteiger partial charge < -0.3 is 5.11 Å². The van der Waals surface area contributed by atoms with E-state index in [2.05, 4.69) is 15.0 Å². The van der Waals surface area contributed by atoms with Crippen LogP contribution in [0.15, 0.2) is 24.4 Å². The third kappa shape index (κ3) is 2.39. The van der Waals surface area contributed by atoms with E-state index >= 15 is 0 Å². The van der Waals surface area contributed by atoms with Gasteiger partial charge in [0.2, 0.25) is 0 Å². The molecule has 2 rings (SSSR count). The third-order valence-electron chi connectivity index (χ3n) is 2.04. The van der Waals surface area contributed by atoms with Gasteiger partial charge in [-0.25, -0.2) is 14.8 Å². The first kappa shape index (κ1) is 11.5. The molecule has 86 valence electrons. The van der Waals surface area contributed by atoms with Crippen LogP contribution in [-0.2, 0) is 0 Å². The zero-order valence-electron chi connectivity index (χ0n) is 8.88. The lowest BCUT2D eigenvalue weighted by molar-refractivity contribution is 0.0690. The highest BCUT2D eigenvalue weighted by Crippen LogP contribution is 2.22. The number of aryl methyl sites for hydroxylation is 1. The average molecular weight is 250 g/mol. The minimum atomic E-state index is -1.11. The maximum absolute atomic E-state index is 10.9. The molecule has 2 heterocycles. The minimum Gasteiger partial charge on any atom is -0.477 e. The van der Waals surface area contributed by atoms with Crippen LogP contribution >= 0.6 is 11.6 Å². The van der Waals surface area contributed by atoms with E-state index < -0.39 is 5.97 Å². The lowest BCUT2D eigenvalue weighted by Gasteiger charge is -2.03. The molecule has 0 aliphatic heterocycles. The SMILES string of the molecule is Cc1cc(C(=O)O)nc(-c2ncccc2Cl)n1. The molecule has 0 fully saturated rings. The summed E-state index contributed by atoms with van der Waals surface area (Å²) in [6.07, 6.45) is 1.55. The third-order valence-corrected chi connectivity index (χ3v) is 2.35. The predicted molar refractivity (Wildman–Crippen MR) is 62.0 cm³/mol. The van der Waals surface area contributed by atoms with Gasteiger partial charge in [-0.3, -0.25) is 4.98 Å². The Balaban J connectivity index is 2.60. The number of carboxylic acid groups (broad SMARTS) is 1. The van der Waals surface area contributed by atoms with E-state index in [0.29, 0.717) is 16.4 Å². The van der Waals surface area contributed by atoms with E-state index in [4.69, 9.17) is 16.7 Å². The number of aromatic nitrogens is 3. The lowest BCUT2D eigenvalue weighted by Crippen LogP contribution is -2.05. The smallest absolute Gasteiger partial charge is 0.354 e. The van der Waals surface area contributed by atoms with Crippen molar-refractivity contribution in [1.29, 1.82) is 0 Å². The maximum atomic E-state index is 10.9. The summed E-state index contributed by atoms with van der Waals surface area (Å²) in [5.74, 6) is -0.892. The Morgan fingerprint density at radius 1 is 1.41 bits per heavy atom. The molecule has 1 N–H and O–H groups in total. The van der Waals surface area contributed by atoms with E-state index in [0.717, 1.165) is 0 Å². The Labute approximate surface area is 102 Å². The van der Waals surface area contributed by atoms with Crippen molar-refractivity contribution >= 4 is 17.6 Å². The van der Waals surface area contributed by atoms with Crippen molar-refractivity contribution in [1.82, 2.24) is 15.0 Å². The molecular weight excluding hydrogens is 242 g/mol. The standard InChI is InChI=1S/C11H8ClN3O2/c1-6-5-8(11(16)17)15-10(14-6)9-7(12)3-2-4-13-9/h2-5H,1H3,(H,16,17). The monoisotopic (exact) mass is 249 g/mol. The summed E-state index contributed by atoms with van der Waals surface area (Å²) in [5, 5.41) is 9.29. The van der Waals surface area contributed by atoms with Gasteiger partial charge in [0.15, 0.2) is 11.5 Å². The van der Waals surface area contributed by atoms with Gasteiger partial charge in [0, 0.05) is 11.9 Å². The fourth-order valence-electron chi connectivity index (χ4n) is 1.33. The summed E-state index contributed by atoms with van der Waals surface area (Å²) >= 11 is 5.95. The van der Waals surface area contributed by atoms with Crippen molar-refractivity contribution in [2.24, 2.45) is 0 Å². The summed E-state index contributed by atoms with van der Waals surface area (Å²) < 4.78 is 0. The number of halogens is 1. The first-order valence-corrected chi connectivity index (χ1v) is 5.15. The van der Waals surface area contributed by atoms with Crippen LogP contribution in [0, 0.1) is 6.92 Å². The van der Waals surface area contributed by atoms with Crippen LogP contribution in [0.3, 0.4) is 0 Å². The van der Waals surface area contributed by atoms with E-state index in [-0.39, 0.29) is 11.5 Å². The molecule has 0 atom stereocenters. The average Bonchev–Trinajstić information content (AvgIpc) is 2.28. The van der Waals surface area contributed by atoms with Crippen LogP contribution in [0.5, 0.6) is 0 Å². The highest BCUT2D eigenvalue weighted by atomic mass is 35.5. The van der Waals surface area contributed by atoms with Gasteiger partial charge in [0.25, 0.3) is 0 Å². The molecule has 0 saturated heterocycles. The largest absolute Gasteiger partial charge is 0.477 e. The van der Waals surface area contributed by atoms with E-state index in [1.807, 2.05) is 0 Å². The maximum Gasteiger partial charge on any atom is 0.354 e. The molecule has 0 amide bonds. The molecular formula is C11H8ClN3O2. The van der Waals surface area contributed by atoms with E-state index in [9.17, 15) is 4.79 Å². The molecule has 0 aliphatic carbocycles. The Hall–Kier alpha value is -2.01. The van der Waals surface area contributed by atoms with Crippen molar-refractivity contribution in [2.75, 3.05) is 0 Å². The summed E-state index contributed by atoms with van der Waals surface area (Å²) in [5.41, 5.74) is 0.851. The second-order valence-electron chi connectivity index (χ2n) is 3.36. The number of aromatic carboxylic acids is 1. The molecule has 6 heteroatoms. The molecule has 17 heavy (non-hydrogen) atoms. The highest BCUT2D eigenvalue weighted by Gasteiger charge is 2.12. The molecule has 0 saturated carbocycles. The Morgan fingerprint density at radius 3 is 2.82 bits per heavy atom. The van der Waals surface area contributed by atoms with Gasteiger partial charge >= 0.3 is 5.97 Å². The van der Waals surface area contributed by atoms with Crippen LogP contribution in [0.1, 0.15) is 16.2 Å². The molecule has 2 aromatic rings. The molecule has 0 bridgehead atoms. The molecule has 0 unspecified atom stereocenters. The van der Waals surface area contributed by atoms with Crippen molar-refractivity contribution < 1.29 is 9.90 Å². The molecule has 0 spiro atoms. The minimum absolute atomic E-state index is 0.0748. The summed E-state index contributed by atoms with van der Waals surface area (Å²) in [6, 6.07) is 4.72. The number of carboxylic acids is 1. The van der Waals surface area contributed by atoms with Gasteiger partial charge in [-0.1, -0.05) is 11.6 Å². The molecule has 5 nitrogen and oxygen atoms in total. The summed E-state index contributed by atoms with van der Waals surface area (Å²) in [6.45, 7) is 1.69. The van der Waals surface area contributed by atoms with Gasteiger partial charge in [-0.15, -0.1) is 0 Å². The molecule has 0 aliphatic rings. The number of hydrogen-bond donors (Lipinski definition) is 1. The second kappa shape index (κ2) is 4.47. The van der Waals surface area contributed by atoms with Crippen molar-refractivity contribution in [2.45, 2.75) is 6.92 Å². The van der Waals surface area contributed by atoms with Crippen molar-refractivity contribution in [3.8, 4) is 11.5 Å². The molecule has 0 radical (unpaired) electrons. The Morgan fingerprint density at radius 2 is 2.18 bits per heavy atom. The van der Waals surface area contributed by atoms with Crippen LogP contribution in [-0.4, -0.2) is 26.0 Å². The van der Waals surface area contributed by atoms with E-state index in [1.165, 1.54) is 6.07 Å².